The fourth-order valence-corrected chi connectivity index (χ4v) is 1.90. The predicted octanol–water partition coefficient (Wildman–Crippen LogP) is 4.68. The largest absolute Gasteiger partial charge is 0.493 e. The topological polar surface area (TPSA) is 33.6 Å². The van der Waals surface area contributed by atoms with Gasteiger partial charge in [0.2, 0.25) is 0 Å². The zero-order valence-corrected chi connectivity index (χ0v) is 12.9. The van der Waals surface area contributed by atoms with Crippen molar-refractivity contribution >= 4 is 27.8 Å². The summed E-state index contributed by atoms with van der Waals surface area (Å²) in [5, 5.41) is 4.24. The van der Waals surface area contributed by atoms with Crippen molar-refractivity contribution in [3.8, 4) is 5.75 Å². The SMILES string of the molecule is CCCOc1ccccc1/C=N\Nc1ccc(Br)cc1. The van der Waals surface area contributed by atoms with E-state index in [2.05, 4.69) is 33.4 Å². The molecule has 0 bridgehead atoms. The third kappa shape index (κ3) is 4.38. The number of anilines is 1. The molecule has 2 rings (SSSR count). The molecule has 0 unspecified atom stereocenters. The van der Waals surface area contributed by atoms with Gasteiger partial charge in [-0.3, -0.25) is 5.43 Å². The van der Waals surface area contributed by atoms with Gasteiger partial charge < -0.3 is 4.74 Å². The van der Waals surface area contributed by atoms with Gasteiger partial charge >= 0.3 is 0 Å². The lowest BCUT2D eigenvalue weighted by molar-refractivity contribution is 0.317. The summed E-state index contributed by atoms with van der Waals surface area (Å²) in [6.07, 6.45) is 2.76. The molecule has 0 atom stereocenters. The summed E-state index contributed by atoms with van der Waals surface area (Å²) in [4.78, 5) is 0. The molecule has 4 heteroatoms. The van der Waals surface area contributed by atoms with Crippen LogP contribution in [0.15, 0.2) is 58.1 Å². The van der Waals surface area contributed by atoms with Crippen molar-refractivity contribution in [1.82, 2.24) is 0 Å². The van der Waals surface area contributed by atoms with Crippen LogP contribution in [0.2, 0.25) is 0 Å². The number of benzene rings is 2. The van der Waals surface area contributed by atoms with Crippen LogP contribution in [0.3, 0.4) is 0 Å². The van der Waals surface area contributed by atoms with Gasteiger partial charge in [-0.15, -0.1) is 0 Å². The van der Waals surface area contributed by atoms with Crippen molar-refractivity contribution < 1.29 is 4.74 Å². The molecule has 0 aliphatic rings. The van der Waals surface area contributed by atoms with Gasteiger partial charge in [-0.2, -0.15) is 5.10 Å². The minimum atomic E-state index is 0.713. The molecule has 2 aromatic carbocycles. The molecular formula is C16H17BrN2O. The second kappa shape index (κ2) is 7.70. The van der Waals surface area contributed by atoms with Gasteiger partial charge in [0.1, 0.15) is 5.75 Å². The third-order valence-electron chi connectivity index (χ3n) is 2.62. The molecule has 0 saturated heterocycles. The Morgan fingerprint density at radius 3 is 2.65 bits per heavy atom. The lowest BCUT2D eigenvalue weighted by atomic mass is 10.2. The van der Waals surface area contributed by atoms with Crippen molar-refractivity contribution in [3.63, 3.8) is 0 Å². The number of nitrogens with zero attached hydrogens (tertiary/aromatic N) is 1. The fraction of sp³-hybridized carbons (Fsp3) is 0.188. The number of hydrogen-bond acceptors (Lipinski definition) is 3. The van der Waals surface area contributed by atoms with Gasteiger partial charge in [0.15, 0.2) is 0 Å². The van der Waals surface area contributed by atoms with E-state index in [9.17, 15) is 0 Å². The Kier molecular flexibility index (Phi) is 5.62. The molecule has 0 heterocycles. The van der Waals surface area contributed by atoms with Crippen LogP contribution >= 0.6 is 15.9 Å². The number of rotatable bonds is 6. The fourth-order valence-electron chi connectivity index (χ4n) is 1.63. The number of hydrazone groups is 1. The Balaban J connectivity index is 2.01. The maximum absolute atomic E-state index is 5.68. The normalized spacial score (nSPS) is 10.7. The Bertz CT molecular complexity index is 567. The first-order valence-electron chi connectivity index (χ1n) is 6.56. The third-order valence-corrected chi connectivity index (χ3v) is 3.15. The molecular weight excluding hydrogens is 316 g/mol. The maximum atomic E-state index is 5.68. The molecule has 0 aliphatic heterocycles. The molecule has 0 amide bonds. The highest BCUT2D eigenvalue weighted by atomic mass is 79.9. The molecule has 104 valence electrons. The molecule has 20 heavy (non-hydrogen) atoms. The quantitative estimate of drug-likeness (QED) is 0.615. The highest BCUT2D eigenvalue weighted by Crippen LogP contribution is 2.17. The van der Waals surface area contributed by atoms with E-state index >= 15 is 0 Å². The predicted molar refractivity (Wildman–Crippen MR) is 87.6 cm³/mol. The molecule has 1 N–H and O–H groups in total. The second-order valence-electron chi connectivity index (χ2n) is 4.26. The molecule has 0 spiro atoms. The van der Waals surface area contributed by atoms with Crippen LogP contribution in [0.1, 0.15) is 18.9 Å². The van der Waals surface area contributed by atoms with Gasteiger partial charge in [0.25, 0.3) is 0 Å². The van der Waals surface area contributed by atoms with Crippen molar-refractivity contribution in [2.75, 3.05) is 12.0 Å². The Hall–Kier alpha value is -1.81. The van der Waals surface area contributed by atoms with Gasteiger partial charge in [-0.1, -0.05) is 35.0 Å². The summed E-state index contributed by atoms with van der Waals surface area (Å²) in [5.41, 5.74) is 4.90. The Morgan fingerprint density at radius 1 is 1.15 bits per heavy atom. The summed E-state index contributed by atoms with van der Waals surface area (Å²) in [5.74, 6) is 0.857. The van der Waals surface area contributed by atoms with Crippen molar-refractivity contribution in [2.24, 2.45) is 5.10 Å². The summed E-state index contributed by atoms with van der Waals surface area (Å²) >= 11 is 3.40. The van der Waals surface area contributed by atoms with E-state index in [1.807, 2.05) is 48.5 Å². The summed E-state index contributed by atoms with van der Waals surface area (Å²) in [6.45, 7) is 2.80. The average molecular weight is 333 g/mol. The van der Waals surface area contributed by atoms with Gasteiger partial charge in [0.05, 0.1) is 18.5 Å². The number of hydrogen-bond donors (Lipinski definition) is 1. The van der Waals surface area contributed by atoms with Crippen molar-refractivity contribution in [2.45, 2.75) is 13.3 Å². The van der Waals surface area contributed by atoms with E-state index in [1.54, 1.807) is 6.21 Å². The van der Waals surface area contributed by atoms with Crippen LogP contribution in [0, 0.1) is 0 Å². The zero-order valence-electron chi connectivity index (χ0n) is 11.3. The molecule has 0 radical (unpaired) electrons. The van der Waals surface area contributed by atoms with E-state index in [4.69, 9.17) is 4.74 Å². The maximum Gasteiger partial charge on any atom is 0.128 e. The van der Waals surface area contributed by atoms with Crippen LogP contribution in [-0.4, -0.2) is 12.8 Å². The minimum absolute atomic E-state index is 0.713. The van der Waals surface area contributed by atoms with Crippen LogP contribution < -0.4 is 10.2 Å². The number of halogens is 1. The highest BCUT2D eigenvalue weighted by Gasteiger charge is 1.99. The highest BCUT2D eigenvalue weighted by molar-refractivity contribution is 9.10. The van der Waals surface area contributed by atoms with Gasteiger partial charge in [-0.05, 0) is 42.8 Å². The first-order chi connectivity index (χ1) is 9.79. The van der Waals surface area contributed by atoms with Crippen molar-refractivity contribution in [3.05, 3.63) is 58.6 Å². The lowest BCUT2D eigenvalue weighted by Gasteiger charge is -2.07. The second-order valence-corrected chi connectivity index (χ2v) is 5.18. The van der Waals surface area contributed by atoms with E-state index in [-0.39, 0.29) is 0 Å². The first-order valence-corrected chi connectivity index (χ1v) is 7.35. The molecule has 2 aromatic rings. The standard InChI is InChI=1S/C16H17BrN2O/c1-2-11-20-16-6-4-3-5-13(16)12-18-19-15-9-7-14(17)8-10-15/h3-10,12,19H,2,11H2,1H3/b18-12-. The van der Waals surface area contributed by atoms with Crippen LogP contribution in [0.5, 0.6) is 5.75 Å². The van der Waals surface area contributed by atoms with Crippen LogP contribution in [0.4, 0.5) is 5.69 Å². The molecule has 3 nitrogen and oxygen atoms in total. The number of para-hydroxylation sites is 1. The van der Waals surface area contributed by atoms with E-state index in [1.165, 1.54) is 0 Å². The average Bonchev–Trinajstić information content (AvgIpc) is 2.48. The summed E-state index contributed by atoms with van der Waals surface area (Å²) in [6, 6.07) is 15.7. The Labute approximate surface area is 127 Å². The summed E-state index contributed by atoms with van der Waals surface area (Å²) < 4.78 is 6.73. The summed E-state index contributed by atoms with van der Waals surface area (Å²) in [7, 11) is 0. The first kappa shape index (κ1) is 14.6. The van der Waals surface area contributed by atoms with E-state index in [0.717, 1.165) is 27.9 Å². The van der Waals surface area contributed by atoms with Crippen LogP contribution in [0.25, 0.3) is 0 Å². The molecule has 0 saturated carbocycles. The smallest absolute Gasteiger partial charge is 0.128 e. The molecule has 0 aromatic heterocycles. The van der Waals surface area contributed by atoms with Crippen molar-refractivity contribution in [1.29, 1.82) is 0 Å². The minimum Gasteiger partial charge on any atom is -0.493 e. The van der Waals surface area contributed by atoms with Gasteiger partial charge in [0, 0.05) is 10.0 Å². The molecule has 0 fully saturated rings. The number of ether oxygens (including phenoxy) is 1. The monoisotopic (exact) mass is 332 g/mol. The van der Waals surface area contributed by atoms with Crippen LogP contribution in [-0.2, 0) is 0 Å². The lowest BCUT2D eigenvalue weighted by Crippen LogP contribution is -1.99. The van der Waals surface area contributed by atoms with Gasteiger partial charge in [-0.25, -0.2) is 0 Å². The van der Waals surface area contributed by atoms with E-state index < -0.39 is 0 Å². The zero-order chi connectivity index (χ0) is 14.2. The van der Waals surface area contributed by atoms with E-state index in [0.29, 0.717) is 6.61 Å². The Morgan fingerprint density at radius 2 is 1.90 bits per heavy atom. The molecule has 0 aliphatic carbocycles. The number of nitrogens with one attached hydrogen (secondary N) is 1.